The SMILES string of the molecule is CC(C(=O)c1c(F)cccc1F)C1CNC1. The highest BCUT2D eigenvalue weighted by Crippen LogP contribution is 2.23. The van der Waals surface area contributed by atoms with Crippen molar-refractivity contribution in [3.05, 3.63) is 35.4 Å². The van der Waals surface area contributed by atoms with Gasteiger partial charge in [-0.3, -0.25) is 4.79 Å². The van der Waals surface area contributed by atoms with Crippen molar-refractivity contribution < 1.29 is 13.6 Å². The molecule has 1 aromatic rings. The Morgan fingerprint density at radius 1 is 1.38 bits per heavy atom. The lowest BCUT2D eigenvalue weighted by Crippen LogP contribution is -2.47. The molecule has 1 fully saturated rings. The van der Waals surface area contributed by atoms with Crippen LogP contribution in [0.4, 0.5) is 8.78 Å². The molecule has 0 radical (unpaired) electrons. The molecule has 1 unspecified atom stereocenters. The van der Waals surface area contributed by atoms with Gasteiger partial charge >= 0.3 is 0 Å². The van der Waals surface area contributed by atoms with Gasteiger partial charge in [-0.05, 0) is 31.1 Å². The molecule has 1 N–H and O–H groups in total. The first-order chi connectivity index (χ1) is 7.61. The summed E-state index contributed by atoms with van der Waals surface area (Å²) >= 11 is 0. The van der Waals surface area contributed by atoms with Crippen LogP contribution >= 0.6 is 0 Å². The molecule has 16 heavy (non-hydrogen) atoms. The summed E-state index contributed by atoms with van der Waals surface area (Å²) < 4.78 is 26.7. The quantitative estimate of drug-likeness (QED) is 0.797. The van der Waals surface area contributed by atoms with Crippen LogP contribution in [0, 0.1) is 23.5 Å². The fraction of sp³-hybridized carbons (Fsp3) is 0.417. The maximum atomic E-state index is 13.4. The molecule has 2 rings (SSSR count). The first-order valence-electron chi connectivity index (χ1n) is 5.30. The highest BCUT2D eigenvalue weighted by molar-refractivity contribution is 5.98. The summed E-state index contributed by atoms with van der Waals surface area (Å²) in [5, 5.41) is 3.04. The second-order valence-corrected chi connectivity index (χ2v) is 4.17. The van der Waals surface area contributed by atoms with Crippen molar-refractivity contribution in [1.82, 2.24) is 5.32 Å². The average Bonchev–Trinajstić information content (AvgIpc) is 2.14. The molecule has 1 saturated heterocycles. The van der Waals surface area contributed by atoms with Crippen LogP contribution in [0.25, 0.3) is 0 Å². The summed E-state index contributed by atoms with van der Waals surface area (Å²) in [5.41, 5.74) is -0.401. The van der Waals surface area contributed by atoms with Gasteiger partial charge in [0.05, 0.1) is 5.56 Å². The Balaban J connectivity index is 2.26. The summed E-state index contributed by atoms with van der Waals surface area (Å²) in [6, 6.07) is 3.49. The zero-order valence-corrected chi connectivity index (χ0v) is 8.97. The van der Waals surface area contributed by atoms with E-state index in [-0.39, 0.29) is 11.8 Å². The Kier molecular flexibility index (Phi) is 3.01. The largest absolute Gasteiger partial charge is 0.316 e. The van der Waals surface area contributed by atoms with Crippen LogP contribution in [-0.4, -0.2) is 18.9 Å². The van der Waals surface area contributed by atoms with E-state index in [1.165, 1.54) is 6.07 Å². The standard InChI is InChI=1S/C12H13F2NO/c1-7(8-5-15-6-8)12(16)11-9(13)3-2-4-10(11)14/h2-4,7-8,15H,5-6H2,1H3. The molecule has 1 aliphatic heterocycles. The molecule has 1 aliphatic rings. The number of Topliss-reactive ketones (excluding diaryl/α,β-unsaturated/α-hetero) is 1. The predicted octanol–water partition coefficient (Wildman–Crippen LogP) is 2.00. The third-order valence-electron chi connectivity index (χ3n) is 3.14. The highest BCUT2D eigenvalue weighted by atomic mass is 19.1. The Morgan fingerprint density at radius 3 is 2.38 bits per heavy atom. The molecular formula is C12H13F2NO. The van der Waals surface area contributed by atoms with Gasteiger partial charge in [-0.1, -0.05) is 13.0 Å². The lowest BCUT2D eigenvalue weighted by atomic mass is 9.83. The number of ketones is 1. The molecule has 86 valence electrons. The third-order valence-corrected chi connectivity index (χ3v) is 3.14. The molecule has 0 amide bonds. The van der Waals surface area contributed by atoms with Crippen LogP contribution in [0.15, 0.2) is 18.2 Å². The number of carbonyl (C=O) groups excluding carboxylic acids is 1. The number of benzene rings is 1. The van der Waals surface area contributed by atoms with Crippen LogP contribution in [0.3, 0.4) is 0 Å². The third kappa shape index (κ3) is 1.85. The summed E-state index contributed by atoms with van der Waals surface area (Å²) in [6.45, 7) is 3.20. The zero-order valence-electron chi connectivity index (χ0n) is 8.97. The fourth-order valence-corrected chi connectivity index (χ4v) is 1.84. The predicted molar refractivity (Wildman–Crippen MR) is 56.2 cm³/mol. The van der Waals surface area contributed by atoms with Gasteiger partial charge in [-0.25, -0.2) is 8.78 Å². The van der Waals surface area contributed by atoms with Gasteiger partial charge in [-0.15, -0.1) is 0 Å². The van der Waals surface area contributed by atoms with Crippen molar-refractivity contribution in [2.75, 3.05) is 13.1 Å². The van der Waals surface area contributed by atoms with Crippen LogP contribution < -0.4 is 5.32 Å². The first kappa shape index (κ1) is 11.2. The second-order valence-electron chi connectivity index (χ2n) is 4.17. The van der Waals surface area contributed by atoms with Crippen molar-refractivity contribution in [2.45, 2.75) is 6.92 Å². The Morgan fingerprint density at radius 2 is 1.94 bits per heavy atom. The lowest BCUT2D eigenvalue weighted by Gasteiger charge is -2.31. The van der Waals surface area contributed by atoms with Crippen molar-refractivity contribution in [2.24, 2.45) is 11.8 Å². The topological polar surface area (TPSA) is 29.1 Å². The van der Waals surface area contributed by atoms with Crippen LogP contribution in [0.2, 0.25) is 0 Å². The first-order valence-corrected chi connectivity index (χ1v) is 5.30. The molecule has 0 aromatic heterocycles. The van der Waals surface area contributed by atoms with E-state index in [4.69, 9.17) is 0 Å². The van der Waals surface area contributed by atoms with Crippen LogP contribution in [0.5, 0.6) is 0 Å². The van der Waals surface area contributed by atoms with Gasteiger partial charge in [0.1, 0.15) is 11.6 Å². The van der Waals surface area contributed by atoms with Crippen LogP contribution in [-0.2, 0) is 0 Å². The number of nitrogens with one attached hydrogen (secondary N) is 1. The Hall–Kier alpha value is -1.29. The van der Waals surface area contributed by atoms with E-state index in [0.717, 1.165) is 25.2 Å². The van der Waals surface area contributed by atoms with E-state index >= 15 is 0 Å². The van der Waals surface area contributed by atoms with Gasteiger partial charge < -0.3 is 5.32 Å². The minimum Gasteiger partial charge on any atom is -0.316 e. The number of hydrogen-bond acceptors (Lipinski definition) is 2. The van der Waals surface area contributed by atoms with Crippen molar-refractivity contribution in [3.63, 3.8) is 0 Å². The fourth-order valence-electron chi connectivity index (χ4n) is 1.84. The molecule has 0 aliphatic carbocycles. The maximum absolute atomic E-state index is 13.4. The number of hydrogen-bond donors (Lipinski definition) is 1. The van der Waals surface area contributed by atoms with E-state index in [9.17, 15) is 13.6 Å². The molecular weight excluding hydrogens is 212 g/mol. The highest BCUT2D eigenvalue weighted by Gasteiger charge is 2.31. The minimum absolute atomic E-state index is 0.187. The Bertz CT molecular complexity index is 395. The van der Waals surface area contributed by atoms with Gasteiger partial charge in [-0.2, -0.15) is 0 Å². The van der Waals surface area contributed by atoms with Crippen molar-refractivity contribution in [1.29, 1.82) is 0 Å². The summed E-state index contributed by atoms with van der Waals surface area (Å²) in [4.78, 5) is 11.9. The van der Waals surface area contributed by atoms with Crippen molar-refractivity contribution >= 4 is 5.78 Å². The molecule has 0 spiro atoms. The summed E-state index contributed by atoms with van der Waals surface area (Å²) in [7, 11) is 0. The van der Waals surface area contributed by atoms with Gasteiger partial charge in [0.2, 0.25) is 0 Å². The smallest absolute Gasteiger partial charge is 0.171 e. The average molecular weight is 225 g/mol. The maximum Gasteiger partial charge on any atom is 0.171 e. The zero-order chi connectivity index (χ0) is 11.7. The molecule has 0 bridgehead atoms. The number of halogens is 2. The summed E-state index contributed by atoms with van der Waals surface area (Å²) in [5.74, 6) is -2.14. The van der Waals surface area contributed by atoms with E-state index in [0.29, 0.717) is 0 Å². The molecule has 1 heterocycles. The van der Waals surface area contributed by atoms with Crippen molar-refractivity contribution in [3.8, 4) is 0 Å². The van der Waals surface area contributed by atoms with E-state index in [2.05, 4.69) is 5.32 Å². The second kappa shape index (κ2) is 4.29. The molecule has 2 nitrogen and oxygen atoms in total. The summed E-state index contributed by atoms with van der Waals surface area (Å²) in [6.07, 6.45) is 0. The van der Waals surface area contributed by atoms with E-state index in [1.807, 2.05) is 0 Å². The molecule has 1 aromatic carbocycles. The number of rotatable bonds is 3. The molecule has 0 saturated carbocycles. The number of carbonyl (C=O) groups is 1. The monoisotopic (exact) mass is 225 g/mol. The molecule has 1 atom stereocenters. The lowest BCUT2D eigenvalue weighted by molar-refractivity contribution is 0.0845. The molecule has 4 heteroatoms. The van der Waals surface area contributed by atoms with Gasteiger partial charge in [0, 0.05) is 5.92 Å². The van der Waals surface area contributed by atoms with E-state index in [1.54, 1.807) is 6.92 Å². The van der Waals surface area contributed by atoms with Gasteiger partial charge in [0.15, 0.2) is 5.78 Å². The van der Waals surface area contributed by atoms with Gasteiger partial charge in [0.25, 0.3) is 0 Å². The van der Waals surface area contributed by atoms with Crippen LogP contribution in [0.1, 0.15) is 17.3 Å². The Labute approximate surface area is 92.7 Å². The van der Waals surface area contributed by atoms with E-state index < -0.39 is 23.0 Å². The normalized spacial score (nSPS) is 17.9. The minimum atomic E-state index is -0.774.